The topological polar surface area (TPSA) is 100 Å². The molecule has 0 atom stereocenters. The van der Waals surface area contributed by atoms with E-state index in [1.54, 1.807) is 24.3 Å². The first-order chi connectivity index (χ1) is 13.3. The summed E-state index contributed by atoms with van der Waals surface area (Å²) in [5.41, 5.74) is 4.46. The van der Waals surface area contributed by atoms with Crippen LogP contribution < -0.4 is 15.5 Å². The van der Waals surface area contributed by atoms with Gasteiger partial charge in [0, 0.05) is 5.69 Å². The van der Waals surface area contributed by atoms with E-state index < -0.39 is 11.8 Å². The zero-order chi connectivity index (χ0) is 20.7. The summed E-state index contributed by atoms with van der Waals surface area (Å²) in [7, 11) is 0. The Morgan fingerprint density at radius 2 is 1.89 bits per heavy atom. The molecule has 0 aliphatic heterocycles. The van der Waals surface area contributed by atoms with Gasteiger partial charge in [-0.3, -0.25) is 9.59 Å². The van der Waals surface area contributed by atoms with Crippen molar-refractivity contribution in [1.29, 1.82) is 0 Å². The normalized spacial score (nSPS) is 10.9. The summed E-state index contributed by atoms with van der Waals surface area (Å²) in [4.78, 5) is 23.9. The largest absolute Gasteiger partial charge is 0.504 e. The van der Waals surface area contributed by atoms with E-state index in [1.165, 1.54) is 6.21 Å². The van der Waals surface area contributed by atoms with Crippen molar-refractivity contribution in [2.24, 2.45) is 5.10 Å². The van der Waals surface area contributed by atoms with E-state index >= 15 is 0 Å². The Bertz CT molecular complexity index is 880. The minimum Gasteiger partial charge on any atom is -0.504 e. The lowest BCUT2D eigenvalue weighted by Crippen LogP contribution is -2.32. The van der Waals surface area contributed by atoms with E-state index in [4.69, 9.17) is 4.74 Å². The molecule has 0 radical (unpaired) electrons. The summed E-state index contributed by atoms with van der Waals surface area (Å²) in [5.74, 6) is -0.947. The van der Waals surface area contributed by atoms with E-state index in [9.17, 15) is 14.7 Å². The number of nitrogens with zero attached hydrogens (tertiary/aromatic N) is 1. The van der Waals surface area contributed by atoms with Gasteiger partial charge in [0.2, 0.25) is 0 Å². The van der Waals surface area contributed by atoms with Crippen molar-refractivity contribution in [3.8, 4) is 11.5 Å². The lowest BCUT2D eigenvalue weighted by Gasteiger charge is -2.08. The number of hydrazone groups is 1. The molecule has 8 heteroatoms. The predicted molar refractivity (Wildman–Crippen MR) is 117 cm³/mol. The van der Waals surface area contributed by atoms with Gasteiger partial charge in [-0.1, -0.05) is 26.0 Å². The highest BCUT2D eigenvalue weighted by Gasteiger charge is 2.13. The molecule has 0 spiro atoms. The van der Waals surface area contributed by atoms with Crippen molar-refractivity contribution in [3.63, 3.8) is 0 Å². The molecule has 28 heavy (non-hydrogen) atoms. The van der Waals surface area contributed by atoms with Crippen LogP contribution in [0, 0.1) is 3.57 Å². The van der Waals surface area contributed by atoms with E-state index in [-0.39, 0.29) is 5.75 Å². The fourth-order valence-corrected chi connectivity index (χ4v) is 2.91. The fraction of sp³-hybridized carbons (Fsp3) is 0.250. The van der Waals surface area contributed by atoms with Crippen molar-refractivity contribution in [1.82, 2.24) is 5.43 Å². The summed E-state index contributed by atoms with van der Waals surface area (Å²) in [6.45, 7) is 6.36. The first-order valence-corrected chi connectivity index (χ1v) is 9.79. The molecule has 0 bridgehead atoms. The molecule has 3 N–H and O–H groups in total. The molecule has 7 nitrogen and oxygen atoms in total. The standard InChI is InChI=1S/C20H22IN3O4/c1-4-28-17-10-13(9-16(21)18(17)25)11-22-24-20(27)19(26)23-15-7-5-14(6-8-15)12(2)3/h5-12,25H,4H2,1-3H3,(H,23,26)(H,24,27)/b22-11-. The third kappa shape index (κ3) is 5.95. The van der Waals surface area contributed by atoms with Crippen LogP contribution in [0.1, 0.15) is 37.8 Å². The highest BCUT2D eigenvalue weighted by atomic mass is 127. The number of hydrogen-bond donors (Lipinski definition) is 3. The van der Waals surface area contributed by atoms with Gasteiger partial charge in [0.25, 0.3) is 0 Å². The van der Waals surface area contributed by atoms with Gasteiger partial charge in [-0.05, 0) is 70.8 Å². The van der Waals surface area contributed by atoms with Gasteiger partial charge >= 0.3 is 11.8 Å². The van der Waals surface area contributed by atoms with E-state index in [2.05, 4.69) is 29.7 Å². The van der Waals surface area contributed by atoms with Crippen molar-refractivity contribution in [2.45, 2.75) is 26.7 Å². The Morgan fingerprint density at radius 3 is 2.50 bits per heavy atom. The monoisotopic (exact) mass is 495 g/mol. The third-order valence-electron chi connectivity index (χ3n) is 3.77. The van der Waals surface area contributed by atoms with Crippen LogP contribution in [0.3, 0.4) is 0 Å². The van der Waals surface area contributed by atoms with Gasteiger partial charge in [-0.25, -0.2) is 5.43 Å². The number of amides is 2. The van der Waals surface area contributed by atoms with Crippen molar-refractivity contribution in [2.75, 3.05) is 11.9 Å². The van der Waals surface area contributed by atoms with Gasteiger partial charge in [0.15, 0.2) is 11.5 Å². The SMILES string of the molecule is CCOc1cc(/C=N\NC(=O)C(=O)Nc2ccc(C(C)C)cc2)cc(I)c1O. The maximum atomic E-state index is 12.0. The first kappa shape index (κ1) is 21.7. The summed E-state index contributed by atoms with van der Waals surface area (Å²) in [6, 6.07) is 10.6. The lowest BCUT2D eigenvalue weighted by atomic mass is 10.0. The van der Waals surface area contributed by atoms with Crippen molar-refractivity contribution in [3.05, 3.63) is 51.1 Å². The average Bonchev–Trinajstić information content (AvgIpc) is 2.66. The molecule has 2 rings (SSSR count). The maximum Gasteiger partial charge on any atom is 0.329 e. The molecule has 148 valence electrons. The highest BCUT2D eigenvalue weighted by molar-refractivity contribution is 14.1. The van der Waals surface area contributed by atoms with E-state index in [0.29, 0.717) is 33.1 Å². The Morgan fingerprint density at radius 1 is 1.21 bits per heavy atom. The van der Waals surface area contributed by atoms with Crippen LogP contribution in [-0.2, 0) is 9.59 Å². The average molecular weight is 495 g/mol. The zero-order valence-corrected chi connectivity index (χ0v) is 18.0. The van der Waals surface area contributed by atoms with E-state index in [1.807, 2.05) is 41.6 Å². The molecule has 0 saturated carbocycles. The number of carbonyl (C=O) groups excluding carboxylic acids is 2. The smallest absolute Gasteiger partial charge is 0.329 e. The molecule has 2 aromatic carbocycles. The van der Waals surface area contributed by atoms with Gasteiger partial charge in [0.05, 0.1) is 16.4 Å². The number of hydrogen-bond acceptors (Lipinski definition) is 5. The minimum atomic E-state index is -0.886. The number of aromatic hydroxyl groups is 1. The van der Waals surface area contributed by atoms with Gasteiger partial charge in [-0.15, -0.1) is 0 Å². The predicted octanol–water partition coefficient (Wildman–Crippen LogP) is 3.61. The number of phenols is 1. The molecular weight excluding hydrogens is 473 g/mol. The molecule has 0 aliphatic carbocycles. The Kier molecular flexibility index (Phi) is 7.80. The molecule has 0 saturated heterocycles. The first-order valence-electron chi connectivity index (χ1n) is 8.71. The van der Waals surface area contributed by atoms with Crippen LogP contribution in [0.4, 0.5) is 5.69 Å². The Labute approximate surface area is 177 Å². The quantitative estimate of drug-likeness (QED) is 0.247. The number of benzene rings is 2. The molecule has 0 fully saturated rings. The van der Waals surface area contributed by atoms with Crippen molar-refractivity contribution >= 4 is 46.3 Å². The van der Waals surface area contributed by atoms with Crippen LogP contribution in [0.2, 0.25) is 0 Å². The summed E-state index contributed by atoms with van der Waals surface area (Å²) in [5, 5.41) is 16.2. The molecule has 0 unspecified atom stereocenters. The summed E-state index contributed by atoms with van der Waals surface area (Å²) < 4.78 is 5.93. The number of halogens is 1. The second-order valence-electron chi connectivity index (χ2n) is 6.21. The fourth-order valence-electron chi connectivity index (χ4n) is 2.29. The molecule has 2 aromatic rings. The number of anilines is 1. The number of carbonyl (C=O) groups is 2. The second kappa shape index (κ2) is 10.1. The molecule has 0 aliphatic rings. The van der Waals surface area contributed by atoms with Crippen LogP contribution in [0.5, 0.6) is 11.5 Å². The molecular formula is C20H22IN3O4. The minimum absolute atomic E-state index is 0.0477. The van der Waals surface area contributed by atoms with Crippen LogP contribution >= 0.6 is 22.6 Å². The summed E-state index contributed by atoms with van der Waals surface area (Å²) >= 11 is 1.97. The molecule has 2 amide bonds. The number of rotatable bonds is 6. The zero-order valence-electron chi connectivity index (χ0n) is 15.8. The Hall–Kier alpha value is -2.62. The van der Waals surface area contributed by atoms with Gasteiger partial charge in [-0.2, -0.15) is 5.10 Å². The van der Waals surface area contributed by atoms with Gasteiger partial charge in [0.1, 0.15) is 0 Å². The maximum absolute atomic E-state index is 12.0. The van der Waals surface area contributed by atoms with Crippen LogP contribution in [-0.4, -0.2) is 29.7 Å². The van der Waals surface area contributed by atoms with Crippen molar-refractivity contribution < 1.29 is 19.4 Å². The number of nitrogens with one attached hydrogen (secondary N) is 2. The lowest BCUT2D eigenvalue weighted by molar-refractivity contribution is -0.136. The molecule has 0 aromatic heterocycles. The number of ether oxygens (including phenoxy) is 1. The van der Waals surface area contributed by atoms with Crippen LogP contribution in [0.15, 0.2) is 41.5 Å². The Balaban J connectivity index is 1.96. The number of phenolic OH excluding ortho intramolecular Hbond substituents is 1. The van der Waals surface area contributed by atoms with Gasteiger partial charge < -0.3 is 15.2 Å². The molecule has 0 heterocycles. The highest BCUT2D eigenvalue weighted by Crippen LogP contribution is 2.32. The summed E-state index contributed by atoms with van der Waals surface area (Å²) in [6.07, 6.45) is 1.37. The third-order valence-corrected chi connectivity index (χ3v) is 4.59. The van der Waals surface area contributed by atoms with E-state index in [0.717, 1.165) is 5.56 Å². The second-order valence-corrected chi connectivity index (χ2v) is 7.37. The van der Waals surface area contributed by atoms with Crippen LogP contribution in [0.25, 0.3) is 0 Å².